The summed E-state index contributed by atoms with van der Waals surface area (Å²) in [5.74, 6) is -1.20. The first-order valence-corrected chi connectivity index (χ1v) is 7.34. The standard InChI is InChI=1S/C16H12N2O3S/c17-9-11-4-3-5-12(8-11)18-15(19)10-22-14-7-2-1-6-13(14)16(20)21/h1-8H,10H2,(H,18,19)(H,20,21). The van der Waals surface area contributed by atoms with E-state index in [0.29, 0.717) is 16.1 Å². The minimum absolute atomic E-state index is 0.0844. The number of nitrogens with zero attached hydrogens (tertiary/aromatic N) is 1. The van der Waals surface area contributed by atoms with E-state index in [1.165, 1.54) is 6.07 Å². The van der Waals surface area contributed by atoms with Gasteiger partial charge in [-0.25, -0.2) is 4.79 Å². The van der Waals surface area contributed by atoms with E-state index in [9.17, 15) is 9.59 Å². The zero-order valence-corrected chi connectivity index (χ0v) is 12.3. The number of anilines is 1. The molecule has 0 saturated carbocycles. The number of aromatic carboxylic acids is 1. The number of rotatable bonds is 5. The lowest BCUT2D eigenvalue weighted by Gasteiger charge is -2.07. The van der Waals surface area contributed by atoms with E-state index in [1.807, 2.05) is 6.07 Å². The molecule has 6 heteroatoms. The Morgan fingerprint density at radius 3 is 2.68 bits per heavy atom. The Kier molecular flexibility index (Phi) is 5.17. The highest BCUT2D eigenvalue weighted by molar-refractivity contribution is 8.00. The lowest BCUT2D eigenvalue weighted by atomic mass is 10.2. The normalized spacial score (nSPS) is 9.77. The van der Waals surface area contributed by atoms with Crippen LogP contribution in [0, 0.1) is 11.3 Å². The highest BCUT2D eigenvalue weighted by Gasteiger charge is 2.11. The van der Waals surface area contributed by atoms with Gasteiger partial charge in [0.15, 0.2) is 0 Å². The van der Waals surface area contributed by atoms with E-state index in [1.54, 1.807) is 42.5 Å². The maximum atomic E-state index is 11.9. The first kappa shape index (κ1) is 15.6. The Hall–Kier alpha value is -2.78. The van der Waals surface area contributed by atoms with Crippen molar-refractivity contribution in [3.8, 4) is 6.07 Å². The lowest BCUT2D eigenvalue weighted by Crippen LogP contribution is -2.14. The molecular formula is C16H12N2O3S. The minimum atomic E-state index is -1.02. The van der Waals surface area contributed by atoms with Crippen molar-refractivity contribution in [1.29, 1.82) is 5.26 Å². The van der Waals surface area contributed by atoms with Crippen LogP contribution >= 0.6 is 11.8 Å². The molecule has 1 amide bonds. The van der Waals surface area contributed by atoms with Crippen molar-refractivity contribution in [2.24, 2.45) is 0 Å². The fourth-order valence-electron chi connectivity index (χ4n) is 1.78. The summed E-state index contributed by atoms with van der Waals surface area (Å²) in [4.78, 5) is 23.5. The minimum Gasteiger partial charge on any atom is -0.478 e. The molecule has 0 aliphatic rings. The molecule has 2 N–H and O–H groups in total. The number of nitriles is 1. The second-order valence-corrected chi connectivity index (χ2v) is 5.35. The number of hydrogen-bond acceptors (Lipinski definition) is 4. The molecule has 2 rings (SSSR count). The van der Waals surface area contributed by atoms with Gasteiger partial charge in [0.1, 0.15) is 0 Å². The second-order valence-electron chi connectivity index (χ2n) is 4.33. The molecule has 0 aliphatic heterocycles. The largest absolute Gasteiger partial charge is 0.478 e. The highest BCUT2D eigenvalue weighted by atomic mass is 32.2. The Morgan fingerprint density at radius 2 is 1.95 bits per heavy atom. The molecule has 0 unspecified atom stereocenters. The molecule has 0 spiro atoms. The number of thioether (sulfide) groups is 1. The molecule has 0 bridgehead atoms. The average Bonchev–Trinajstić information content (AvgIpc) is 2.53. The molecule has 110 valence electrons. The molecule has 0 atom stereocenters. The molecule has 2 aromatic carbocycles. The Labute approximate surface area is 131 Å². The van der Waals surface area contributed by atoms with Crippen LogP contribution in [0.25, 0.3) is 0 Å². The van der Waals surface area contributed by atoms with Gasteiger partial charge in [0.05, 0.1) is 22.9 Å². The third-order valence-corrected chi connectivity index (χ3v) is 3.83. The van der Waals surface area contributed by atoms with Crippen LogP contribution in [-0.4, -0.2) is 22.7 Å². The lowest BCUT2D eigenvalue weighted by molar-refractivity contribution is -0.113. The fraction of sp³-hybridized carbons (Fsp3) is 0.0625. The molecule has 0 saturated heterocycles. The molecule has 5 nitrogen and oxygen atoms in total. The van der Waals surface area contributed by atoms with E-state index in [4.69, 9.17) is 10.4 Å². The van der Waals surface area contributed by atoms with Crippen LogP contribution in [0.4, 0.5) is 5.69 Å². The van der Waals surface area contributed by atoms with E-state index in [-0.39, 0.29) is 17.2 Å². The van der Waals surface area contributed by atoms with Crippen LogP contribution in [0.2, 0.25) is 0 Å². The van der Waals surface area contributed by atoms with Gasteiger partial charge in [-0.1, -0.05) is 18.2 Å². The monoisotopic (exact) mass is 312 g/mol. The molecule has 0 aromatic heterocycles. The highest BCUT2D eigenvalue weighted by Crippen LogP contribution is 2.23. The predicted octanol–water partition coefficient (Wildman–Crippen LogP) is 2.99. The Balaban J connectivity index is 1.99. The first-order chi connectivity index (χ1) is 10.6. The van der Waals surface area contributed by atoms with E-state index < -0.39 is 5.97 Å². The van der Waals surface area contributed by atoms with Gasteiger partial charge in [-0.05, 0) is 30.3 Å². The smallest absolute Gasteiger partial charge is 0.336 e. The average molecular weight is 312 g/mol. The van der Waals surface area contributed by atoms with Gasteiger partial charge in [0, 0.05) is 10.6 Å². The molecule has 2 aromatic rings. The SMILES string of the molecule is N#Cc1cccc(NC(=O)CSc2ccccc2C(=O)O)c1. The number of hydrogen-bond donors (Lipinski definition) is 2. The van der Waals surface area contributed by atoms with Gasteiger partial charge in [0.25, 0.3) is 0 Å². The third-order valence-electron chi connectivity index (χ3n) is 2.75. The predicted molar refractivity (Wildman–Crippen MR) is 83.9 cm³/mol. The van der Waals surface area contributed by atoms with Crippen LogP contribution in [0.5, 0.6) is 0 Å². The Morgan fingerprint density at radius 1 is 1.18 bits per heavy atom. The fourth-order valence-corrected chi connectivity index (χ4v) is 2.62. The summed E-state index contributed by atoms with van der Waals surface area (Å²) < 4.78 is 0. The zero-order chi connectivity index (χ0) is 15.9. The zero-order valence-electron chi connectivity index (χ0n) is 11.4. The van der Waals surface area contributed by atoms with Gasteiger partial charge in [-0.3, -0.25) is 4.79 Å². The number of carboxylic acid groups (broad SMARTS) is 1. The van der Waals surface area contributed by atoms with Crippen molar-refractivity contribution in [3.05, 3.63) is 59.7 Å². The quantitative estimate of drug-likeness (QED) is 0.828. The molecule has 0 fully saturated rings. The van der Waals surface area contributed by atoms with E-state index in [0.717, 1.165) is 11.8 Å². The number of benzene rings is 2. The van der Waals surface area contributed by atoms with Crippen LogP contribution in [0.1, 0.15) is 15.9 Å². The molecule has 0 radical (unpaired) electrons. The third kappa shape index (κ3) is 4.11. The van der Waals surface area contributed by atoms with Crippen molar-refractivity contribution in [2.45, 2.75) is 4.90 Å². The first-order valence-electron chi connectivity index (χ1n) is 6.35. The van der Waals surface area contributed by atoms with Crippen LogP contribution in [0.3, 0.4) is 0 Å². The summed E-state index contributed by atoms with van der Waals surface area (Å²) in [7, 11) is 0. The van der Waals surface area contributed by atoms with E-state index >= 15 is 0 Å². The van der Waals surface area contributed by atoms with Gasteiger partial charge >= 0.3 is 5.97 Å². The number of carbonyl (C=O) groups excluding carboxylic acids is 1. The van der Waals surface area contributed by atoms with Crippen molar-refractivity contribution in [3.63, 3.8) is 0 Å². The van der Waals surface area contributed by atoms with Gasteiger partial charge < -0.3 is 10.4 Å². The summed E-state index contributed by atoms with van der Waals surface area (Å²) in [6.45, 7) is 0. The van der Waals surface area contributed by atoms with Gasteiger partial charge in [-0.2, -0.15) is 5.26 Å². The molecular weight excluding hydrogens is 300 g/mol. The van der Waals surface area contributed by atoms with Crippen LogP contribution in [0.15, 0.2) is 53.4 Å². The maximum absolute atomic E-state index is 11.9. The summed E-state index contributed by atoms with van der Waals surface area (Å²) >= 11 is 1.15. The van der Waals surface area contributed by atoms with Crippen molar-refractivity contribution >= 4 is 29.3 Å². The van der Waals surface area contributed by atoms with Crippen molar-refractivity contribution < 1.29 is 14.7 Å². The van der Waals surface area contributed by atoms with Crippen LogP contribution < -0.4 is 5.32 Å². The summed E-state index contributed by atoms with van der Waals surface area (Å²) in [5, 5.41) is 20.6. The summed E-state index contributed by atoms with van der Waals surface area (Å²) in [6.07, 6.45) is 0. The molecule has 0 heterocycles. The second kappa shape index (κ2) is 7.29. The Bertz CT molecular complexity index is 753. The number of carbonyl (C=O) groups is 2. The van der Waals surface area contributed by atoms with Crippen LogP contribution in [-0.2, 0) is 4.79 Å². The van der Waals surface area contributed by atoms with Crippen molar-refractivity contribution in [1.82, 2.24) is 0 Å². The maximum Gasteiger partial charge on any atom is 0.336 e. The number of nitrogens with one attached hydrogen (secondary N) is 1. The molecule has 0 aliphatic carbocycles. The number of carboxylic acids is 1. The van der Waals surface area contributed by atoms with Crippen molar-refractivity contribution in [2.75, 3.05) is 11.1 Å². The van der Waals surface area contributed by atoms with E-state index in [2.05, 4.69) is 5.32 Å². The molecule has 22 heavy (non-hydrogen) atoms. The topological polar surface area (TPSA) is 90.2 Å². The summed E-state index contributed by atoms with van der Waals surface area (Å²) in [6, 6.07) is 15.1. The van der Waals surface area contributed by atoms with Gasteiger partial charge in [0.2, 0.25) is 5.91 Å². The van der Waals surface area contributed by atoms with Gasteiger partial charge in [-0.15, -0.1) is 11.8 Å². The summed E-state index contributed by atoms with van der Waals surface area (Å²) in [5.41, 5.74) is 1.17. The number of amides is 1.